The van der Waals surface area contributed by atoms with Crippen LogP contribution in [0.4, 0.5) is 0 Å². The van der Waals surface area contributed by atoms with E-state index >= 15 is 0 Å². The smallest absolute Gasteiger partial charge is 0.0487 e. The molecule has 0 bridgehead atoms. The summed E-state index contributed by atoms with van der Waals surface area (Å²) in [6, 6.07) is 10.7. The lowest BCUT2D eigenvalue weighted by Crippen LogP contribution is -2.23. The second-order valence-corrected chi connectivity index (χ2v) is 5.06. The summed E-state index contributed by atoms with van der Waals surface area (Å²) in [6.07, 6.45) is 3.21. The van der Waals surface area contributed by atoms with Gasteiger partial charge in [0.1, 0.15) is 0 Å². The standard InChI is InChI=1S/C17H29NO2/c1-3-11-18-15-17(16-8-5-4-6-9-16)10-14-20-13-7-12-19-2/h4-6,8-9,17-18H,3,7,10-15H2,1-2H3. The van der Waals surface area contributed by atoms with Gasteiger partial charge in [-0.05, 0) is 37.3 Å². The Kier molecular flexibility index (Phi) is 10.2. The van der Waals surface area contributed by atoms with Crippen LogP contribution in [0.2, 0.25) is 0 Å². The Morgan fingerprint density at radius 2 is 1.90 bits per heavy atom. The van der Waals surface area contributed by atoms with E-state index in [4.69, 9.17) is 9.47 Å². The summed E-state index contributed by atoms with van der Waals surface area (Å²) in [5.41, 5.74) is 1.40. The van der Waals surface area contributed by atoms with Crippen molar-refractivity contribution in [3.8, 4) is 0 Å². The maximum Gasteiger partial charge on any atom is 0.0487 e. The lowest BCUT2D eigenvalue weighted by molar-refractivity contribution is 0.0980. The molecule has 3 heteroatoms. The minimum absolute atomic E-state index is 0.533. The van der Waals surface area contributed by atoms with E-state index in [0.717, 1.165) is 45.8 Å². The Hall–Kier alpha value is -0.900. The van der Waals surface area contributed by atoms with Gasteiger partial charge in [-0.2, -0.15) is 0 Å². The highest BCUT2D eigenvalue weighted by Gasteiger charge is 2.10. The average Bonchev–Trinajstić information content (AvgIpc) is 2.50. The van der Waals surface area contributed by atoms with Gasteiger partial charge < -0.3 is 14.8 Å². The minimum Gasteiger partial charge on any atom is -0.385 e. The van der Waals surface area contributed by atoms with Gasteiger partial charge in [0.2, 0.25) is 0 Å². The molecule has 20 heavy (non-hydrogen) atoms. The number of ether oxygens (including phenoxy) is 2. The summed E-state index contributed by atoms with van der Waals surface area (Å²) in [5.74, 6) is 0.533. The largest absolute Gasteiger partial charge is 0.385 e. The summed E-state index contributed by atoms with van der Waals surface area (Å²) >= 11 is 0. The fourth-order valence-electron chi connectivity index (χ4n) is 2.20. The Morgan fingerprint density at radius 1 is 1.10 bits per heavy atom. The highest BCUT2D eigenvalue weighted by atomic mass is 16.5. The van der Waals surface area contributed by atoms with E-state index in [-0.39, 0.29) is 0 Å². The Labute approximate surface area is 123 Å². The fraction of sp³-hybridized carbons (Fsp3) is 0.647. The van der Waals surface area contributed by atoms with Gasteiger partial charge in [0.15, 0.2) is 0 Å². The normalized spacial score (nSPS) is 12.5. The number of nitrogens with one attached hydrogen (secondary N) is 1. The molecule has 114 valence electrons. The monoisotopic (exact) mass is 279 g/mol. The molecule has 0 aromatic heterocycles. The predicted octanol–water partition coefficient (Wildman–Crippen LogP) is 3.21. The summed E-state index contributed by atoms with van der Waals surface area (Å²) in [6.45, 7) is 6.69. The number of hydrogen-bond donors (Lipinski definition) is 1. The molecule has 0 aliphatic carbocycles. The van der Waals surface area contributed by atoms with E-state index in [1.807, 2.05) is 0 Å². The van der Waals surface area contributed by atoms with Crippen LogP contribution < -0.4 is 5.32 Å². The molecule has 1 rings (SSSR count). The molecular formula is C17H29NO2. The highest BCUT2D eigenvalue weighted by Crippen LogP contribution is 2.18. The topological polar surface area (TPSA) is 30.5 Å². The van der Waals surface area contributed by atoms with Gasteiger partial charge in [-0.3, -0.25) is 0 Å². The number of rotatable bonds is 12. The van der Waals surface area contributed by atoms with E-state index in [0.29, 0.717) is 5.92 Å². The van der Waals surface area contributed by atoms with Crippen molar-refractivity contribution in [2.45, 2.75) is 32.1 Å². The zero-order valence-electron chi connectivity index (χ0n) is 12.9. The van der Waals surface area contributed by atoms with Gasteiger partial charge in [0.25, 0.3) is 0 Å². The van der Waals surface area contributed by atoms with Crippen LogP contribution >= 0.6 is 0 Å². The molecule has 0 saturated carbocycles. The maximum absolute atomic E-state index is 5.69. The molecule has 1 aromatic carbocycles. The van der Waals surface area contributed by atoms with Crippen molar-refractivity contribution in [2.24, 2.45) is 0 Å². The van der Waals surface area contributed by atoms with Crippen LogP contribution in [-0.4, -0.2) is 40.0 Å². The van der Waals surface area contributed by atoms with Gasteiger partial charge in [0.05, 0.1) is 0 Å². The summed E-state index contributed by atoms with van der Waals surface area (Å²) in [5, 5.41) is 3.52. The van der Waals surface area contributed by atoms with Crippen LogP contribution in [-0.2, 0) is 9.47 Å². The molecule has 1 atom stereocenters. The first-order valence-corrected chi connectivity index (χ1v) is 7.70. The molecule has 1 aromatic rings. The van der Waals surface area contributed by atoms with Crippen molar-refractivity contribution >= 4 is 0 Å². The minimum atomic E-state index is 0.533. The van der Waals surface area contributed by atoms with E-state index in [2.05, 4.69) is 42.6 Å². The van der Waals surface area contributed by atoms with E-state index in [1.54, 1.807) is 7.11 Å². The first kappa shape index (κ1) is 17.2. The third-order valence-electron chi connectivity index (χ3n) is 3.34. The summed E-state index contributed by atoms with van der Waals surface area (Å²) in [4.78, 5) is 0. The molecule has 0 aliphatic rings. The Morgan fingerprint density at radius 3 is 2.60 bits per heavy atom. The lowest BCUT2D eigenvalue weighted by Gasteiger charge is -2.18. The number of hydrogen-bond acceptors (Lipinski definition) is 3. The fourth-order valence-corrected chi connectivity index (χ4v) is 2.20. The highest BCUT2D eigenvalue weighted by molar-refractivity contribution is 5.19. The second-order valence-electron chi connectivity index (χ2n) is 5.06. The van der Waals surface area contributed by atoms with Crippen molar-refractivity contribution < 1.29 is 9.47 Å². The third-order valence-corrected chi connectivity index (χ3v) is 3.34. The molecule has 1 unspecified atom stereocenters. The molecule has 0 fully saturated rings. The zero-order chi connectivity index (χ0) is 14.5. The lowest BCUT2D eigenvalue weighted by atomic mass is 9.96. The van der Waals surface area contributed by atoms with Crippen molar-refractivity contribution in [1.82, 2.24) is 5.32 Å². The van der Waals surface area contributed by atoms with Crippen LogP contribution in [0.5, 0.6) is 0 Å². The average molecular weight is 279 g/mol. The first-order chi connectivity index (χ1) is 9.88. The number of methoxy groups -OCH3 is 1. The van der Waals surface area contributed by atoms with Gasteiger partial charge >= 0.3 is 0 Å². The SMILES string of the molecule is CCCNCC(CCOCCCOC)c1ccccc1. The van der Waals surface area contributed by atoms with Crippen LogP contribution in [0.3, 0.4) is 0 Å². The quantitative estimate of drug-likeness (QED) is 0.596. The second kappa shape index (κ2) is 11.9. The molecule has 0 spiro atoms. The molecule has 0 saturated heterocycles. The molecule has 0 radical (unpaired) electrons. The first-order valence-electron chi connectivity index (χ1n) is 7.70. The van der Waals surface area contributed by atoms with Crippen molar-refractivity contribution in [1.29, 1.82) is 0 Å². The zero-order valence-corrected chi connectivity index (χ0v) is 12.9. The van der Waals surface area contributed by atoms with Crippen LogP contribution in [0.25, 0.3) is 0 Å². The molecule has 0 amide bonds. The van der Waals surface area contributed by atoms with Gasteiger partial charge in [-0.25, -0.2) is 0 Å². The Bertz CT molecular complexity index is 316. The van der Waals surface area contributed by atoms with E-state index in [1.165, 1.54) is 12.0 Å². The van der Waals surface area contributed by atoms with Crippen LogP contribution in [0, 0.1) is 0 Å². The molecular weight excluding hydrogens is 250 g/mol. The Balaban J connectivity index is 2.31. The number of benzene rings is 1. The van der Waals surface area contributed by atoms with Crippen LogP contribution in [0.1, 0.15) is 37.7 Å². The van der Waals surface area contributed by atoms with Crippen molar-refractivity contribution in [3.63, 3.8) is 0 Å². The maximum atomic E-state index is 5.69. The van der Waals surface area contributed by atoms with Crippen molar-refractivity contribution in [2.75, 3.05) is 40.0 Å². The van der Waals surface area contributed by atoms with Gasteiger partial charge in [0, 0.05) is 33.5 Å². The predicted molar refractivity (Wildman–Crippen MR) is 84.3 cm³/mol. The van der Waals surface area contributed by atoms with Gasteiger partial charge in [-0.1, -0.05) is 37.3 Å². The third kappa shape index (κ3) is 7.63. The van der Waals surface area contributed by atoms with Crippen molar-refractivity contribution in [3.05, 3.63) is 35.9 Å². The van der Waals surface area contributed by atoms with Gasteiger partial charge in [-0.15, -0.1) is 0 Å². The summed E-state index contributed by atoms with van der Waals surface area (Å²) in [7, 11) is 1.73. The van der Waals surface area contributed by atoms with E-state index in [9.17, 15) is 0 Å². The molecule has 0 aliphatic heterocycles. The molecule has 0 heterocycles. The molecule has 3 nitrogen and oxygen atoms in total. The van der Waals surface area contributed by atoms with E-state index < -0.39 is 0 Å². The van der Waals surface area contributed by atoms with Crippen LogP contribution in [0.15, 0.2) is 30.3 Å². The molecule has 1 N–H and O–H groups in total. The summed E-state index contributed by atoms with van der Waals surface area (Å²) < 4.78 is 10.7.